The predicted octanol–water partition coefficient (Wildman–Crippen LogP) is 0.924. The Balaban J connectivity index is 1.72. The van der Waals surface area contributed by atoms with E-state index < -0.39 is 5.91 Å². The van der Waals surface area contributed by atoms with Gasteiger partial charge in [-0.3, -0.25) is 15.1 Å². The van der Waals surface area contributed by atoms with E-state index in [0.717, 1.165) is 31.4 Å². The number of nitrogens with two attached hydrogens (primary N) is 3. The smallest absolute Gasteiger partial charge is 0.280 e. The second-order valence-corrected chi connectivity index (χ2v) is 6.81. The third-order valence-electron chi connectivity index (χ3n) is 3.82. The first kappa shape index (κ1) is 21.4. The Bertz CT molecular complexity index is 848. The molecule has 2 heterocycles. The molecule has 2 aromatic heterocycles. The zero-order valence-electron chi connectivity index (χ0n) is 15.9. The lowest BCUT2D eigenvalue weighted by Crippen LogP contribution is -2.38. The zero-order chi connectivity index (χ0) is 20.7. The molecular formula is C16H25ClN10O. The molecule has 11 nitrogen and oxygen atoms in total. The molecule has 0 spiro atoms. The molecule has 0 aliphatic rings. The first-order chi connectivity index (χ1) is 13.3. The highest BCUT2D eigenvalue weighted by Gasteiger charge is 2.16. The van der Waals surface area contributed by atoms with Crippen LogP contribution >= 0.6 is 11.6 Å². The molecule has 0 bridgehead atoms. The van der Waals surface area contributed by atoms with Gasteiger partial charge in [0.2, 0.25) is 0 Å². The van der Waals surface area contributed by atoms with Gasteiger partial charge >= 0.3 is 0 Å². The van der Waals surface area contributed by atoms with Gasteiger partial charge in [0.25, 0.3) is 5.91 Å². The van der Waals surface area contributed by atoms with E-state index in [2.05, 4.69) is 44.4 Å². The SMILES string of the molecule is CC(C)n1cc(CCCCCN=C(N)NC(=O)c2nc(Cl)c(N)nc2N)nn1. The number of guanidine groups is 1. The number of nitrogens with zero attached hydrogens (tertiary/aromatic N) is 6. The van der Waals surface area contributed by atoms with E-state index in [1.165, 1.54) is 0 Å². The van der Waals surface area contributed by atoms with Crippen LogP contribution < -0.4 is 22.5 Å². The number of amides is 1. The molecule has 0 aliphatic carbocycles. The Hall–Kier alpha value is -2.95. The third kappa shape index (κ3) is 6.05. The van der Waals surface area contributed by atoms with Gasteiger partial charge in [-0.1, -0.05) is 23.2 Å². The van der Waals surface area contributed by atoms with Gasteiger partial charge in [-0.2, -0.15) is 0 Å². The van der Waals surface area contributed by atoms with Crippen molar-refractivity contribution in [2.24, 2.45) is 10.7 Å². The van der Waals surface area contributed by atoms with Crippen LogP contribution in [0.5, 0.6) is 0 Å². The number of carbonyl (C=O) groups is 1. The summed E-state index contributed by atoms with van der Waals surface area (Å²) >= 11 is 5.75. The molecule has 0 fully saturated rings. The molecule has 12 heteroatoms. The van der Waals surface area contributed by atoms with Gasteiger partial charge in [0.15, 0.2) is 28.4 Å². The molecule has 0 aliphatic heterocycles. The lowest BCUT2D eigenvalue weighted by Gasteiger charge is -2.07. The maximum atomic E-state index is 12.1. The quantitative estimate of drug-likeness (QED) is 0.283. The monoisotopic (exact) mass is 408 g/mol. The Kier molecular flexibility index (Phi) is 7.50. The van der Waals surface area contributed by atoms with Gasteiger partial charge in [-0.05, 0) is 33.1 Å². The number of anilines is 2. The van der Waals surface area contributed by atoms with E-state index in [-0.39, 0.29) is 28.4 Å². The van der Waals surface area contributed by atoms with E-state index in [1.54, 1.807) is 0 Å². The Morgan fingerprint density at radius 1 is 1.25 bits per heavy atom. The van der Waals surface area contributed by atoms with Crippen molar-refractivity contribution in [1.29, 1.82) is 0 Å². The fourth-order valence-electron chi connectivity index (χ4n) is 2.30. The van der Waals surface area contributed by atoms with E-state index in [1.807, 2.05) is 10.9 Å². The van der Waals surface area contributed by atoms with Gasteiger partial charge in [-0.25, -0.2) is 14.6 Å². The molecule has 152 valence electrons. The molecule has 0 unspecified atom stereocenters. The average Bonchev–Trinajstić information content (AvgIpc) is 3.10. The Morgan fingerprint density at radius 2 is 2.00 bits per heavy atom. The number of rotatable bonds is 8. The van der Waals surface area contributed by atoms with Crippen LogP contribution in [0.4, 0.5) is 11.6 Å². The summed E-state index contributed by atoms with van der Waals surface area (Å²) in [5, 5.41) is 10.5. The van der Waals surface area contributed by atoms with Crippen molar-refractivity contribution < 1.29 is 4.79 Å². The van der Waals surface area contributed by atoms with E-state index in [0.29, 0.717) is 12.6 Å². The number of unbranched alkanes of at least 4 members (excludes halogenated alkanes) is 2. The summed E-state index contributed by atoms with van der Waals surface area (Å²) in [6.45, 7) is 4.60. The van der Waals surface area contributed by atoms with Crippen molar-refractivity contribution in [3.63, 3.8) is 0 Å². The molecule has 0 saturated heterocycles. The summed E-state index contributed by atoms with van der Waals surface area (Å²) in [5.41, 5.74) is 17.6. The van der Waals surface area contributed by atoms with Crippen LogP contribution in [0.2, 0.25) is 5.15 Å². The molecule has 7 N–H and O–H groups in total. The number of aromatic nitrogens is 5. The van der Waals surface area contributed by atoms with Crippen LogP contribution in [-0.4, -0.2) is 43.4 Å². The maximum Gasteiger partial charge on any atom is 0.280 e. The molecule has 28 heavy (non-hydrogen) atoms. The normalized spacial score (nSPS) is 11.8. The van der Waals surface area contributed by atoms with Gasteiger partial charge < -0.3 is 17.2 Å². The van der Waals surface area contributed by atoms with Crippen molar-refractivity contribution in [3.8, 4) is 0 Å². The second kappa shape index (κ2) is 9.83. The van der Waals surface area contributed by atoms with E-state index >= 15 is 0 Å². The Morgan fingerprint density at radius 3 is 2.68 bits per heavy atom. The number of carbonyl (C=O) groups excluding carboxylic acids is 1. The summed E-state index contributed by atoms with van der Waals surface area (Å²) in [7, 11) is 0. The van der Waals surface area contributed by atoms with Crippen LogP contribution in [-0.2, 0) is 6.42 Å². The largest absolute Gasteiger partial charge is 0.382 e. The Labute approximate surface area is 167 Å². The summed E-state index contributed by atoms with van der Waals surface area (Å²) in [6, 6.07) is 0.305. The van der Waals surface area contributed by atoms with Crippen LogP contribution in [0.1, 0.15) is 55.3 Å². The minimum Gasteiger partial charge on any atom is -0.382 e. The van der Waals surface area contributed by atoms with Gasteiger partial charge in [0.1, 0.15) is 0 Å². The van der Waals surface area contributed by atoms with Crippen LogP contribution in [0.3, 0.4) is 0 Å². The predicted molar refractivity (Wildman–Crippen MR) is 108 cm³/mol. The molecule has 0 saturated carbocycles. The minimum absolute atomic E-state index is 0.0287. The van der Waals surface area contributed by atoms with Crippen LogP contribution in [0.25, 0.3) is 0 Å². The number of nitrogen functional groups attached to an aromatic ring is 2. The number of hydrogen-bond donors (Lipinski definition) is 4. The van der Waals surface area contributed by atoms with E-state index in [9.17, 15) is 4.79 Å². The molecule has 1 amide bonds. The maximum absolute atomic E-state index is 12.1. The van der Waals surface area contributed by atoms with Crippen molar-refractivity contribution in [1.82, 2.24) is 30.3 Å². The van der Waals surface area contributed by atoms with Crippen molar-refractivity contribution in [3.05, 3.63) is 22.7 Å². The highest BCUT2D eigenvalue weighted by Crippen LogP contribution is 2.17. The topological polar surface area (TPSA) is 176 Å². The summed E-state index contributed by atoms with van der Waals surface area (Å²) in [4.78, 5) is 23.8. The summed E-state index contributed by atoms with van der Waals surface area (Å²) in [6.07, 6.45) is 5.57. The van der Waals surface area contributed by atoms with Crippen molar-refractivity contribution in [2.75, 3.05) is 18.0 Å². The first-order valence-electron chi connectivity index (χ1n) is 8.88. The number of halogens is 1. The summed E-state index contributed by atoms with van der Waals surface area (Å²) < 4.78 is 1.84. The summed E-state index contributed by atoms with van der Waals surface area (Å²) in [5.74, 6) is -0.869. The zero-order valence-corrected chi connectivity index (χ0v) is 16.6. The third-order valence-corrected chi connectivity index (χ3v) is 4.10. The van der Waals surface area contributed by atoms with Crippen LogP contribution in [0.15, 0.2) is 11.2 Å². The van der Waals surface area contributed by atoms with E-state index in [4.69, 9.17) is 28.8 Å². The number of nitrogens with one attached hydrogen (secondary N) is 1. The lowest BCUT2D eigenvalue weighted by atomic mass is 10.1. The number of hydrogen-bond acceptors (Lipinski definition) is 8. The van der Waals surface area contributed by atoms with Crippen molar-refractivity contribution in [2.45, 2.75) is 45.6 Å². The highest BCUT2D eigenvalue weighted by atomic mass is 35.5. The van der Waals surface area contributed by atoms with Gasteiger partial charge in [0, 0.05) is 18.8 Å². The molecule has 0 radical (unpaired) electrons. The van der Waals surface area contributed by atoms with Gasteiger partial charge in [0.05, 0.1) is 5.69 Å². The minimum atomic E-state index is -0.651. The molecule has 0 aromatic carbocycles. The fourth-order valence-corrected chi connectivity index (χ4v) is 2.42. The molecule has 0 atom stereocenters. The van der Waals surface area contributed by atoms with Gasteiger partial charge in [-0.15, -0.1) is 5.10 Å². The first-order valence-corrected chi connectivity index (χ1v) is 9.26. The standard InChI is InChI=1S/C16H25ClN10O/c1-9(2)27-8-10(25-26-27)6-4-3-5-7-21-16(20)24-15(28)11-13(18)23-14(19)12(17)22-11/h8-9H,3-7H2,1-2H3,(H4,18,19,23)(H3,20,21,24,28). The van der Waals surface area contributed by atoms with Crippen LogP contribution in [0, 0.1) is 0 Å². The second-order valence-electron chi connectivity index (χ2n) is 6.45. The average molecular weight is 409 g/mol. The highest BCUT2D eigenvalue weighted by molar-refractivity contribution is 6.31. The lowest BCUT2D eigenvalue weighted by molar-refractivity contribution is 0.0972. The van der Waals surface area contributed by atoms with Crippen molar-refractivity contribution >= 4 is 35.1 Å². The molecular weight excluding hydrogens is 384 g/mol. The number of aliphatic imine (C=N–C) groups is 1. The molecule has 2 rings (SSSR count). The molecule has 2 aromatic rings. The number of aryl methyl sites for hydroxylation is 1. The fraction of sp³-hybridized carbons (Fsp3) is 0.500.